The van der Waals surface area contributed by atoms with Crippen LogP contribution in [0.3, 0.4) is 0 Å². The van der Waals surface area contributed by atoms with Crippen molar-refractivity contribution in [3.63, 3.8) is 0 Å². The molecule has 15 heavy (non-hydrogen) atoms. The zero-order valence-electron chi connectivity index (χ0n) is 9.37. The number of hydrogen-bond acceptors (Lipinski definition) is 4. The minimum absolute atomic E-state index is 0.233. The Hall–Kier alpha value is -0.870. The summed E-state index contributed by atoms with van der Waals surface area (Å²) in [5.41, 5.74) is 11.0. The van der Waals surface area contributed by atoms with Crippen molar-refractivity contribution in [1.82, 2.24) is 4.90 Å². The molecule has 1 fully saturated rings. The fraction of sp³-hybridized carbons (Fsp3) is 0.600. The summed E-state index contributed by atoms with van der Waals surface area (Å²) in [5.74, 6) is 0.673. The highest BCUT2D eigenvalue weighted by atomic mass is 35.5. The first kappa shape index (κ1) is 14.1. The molecule has 0 aromatic rings. The van der Waals surface area contributed by atoms with Crippen LogP contribution in [0.1, 0.15) is 13.8 Å². The molecular formula is C10H20ClN3O. The van der Waals surface area contributed by atoms with E-state index in [9.17, 15) is 0 Å². The number of allylic oxidation sites excluding steroid dienone is 2. The van der Waals surface area contributed by atoms with Gasteiger partial charge in [-0.05, 0) is 12.2 Å². The lowest BCUT2D eigenvalue weighted by Crippen LogP contribution is -2.38. The molecule has 5 heteroatoms. The van der Waals surface area contributed by atoms with Crippen LogP contribution in [0.15, 0.2) is 23.1 Å². The van der Waals surface area contributed by atoms with E-state index < -0.39 is 0 Å². The number of halogens is 1. The maximum atomic E-state index is 5.77. The van der Waals surface area contributed by atoms with Gasteiger partial charge < -0.3 is 21.1 Å². The van der Waals surface area contributed by atoms with Gasteiger partial charge in [0.15, 0.2) is 0 Å². The van der Waals surface area contributed by atoms with Gasteiger partial charge in [0.2, 0.25) is 0 Å². The van der Waals surface area contributed by atoms with Gasteiger partial charge >= 0.3 is 0 Å². The summed E-state index contributed by atoms with van der Waals surface area (Å²) >= 11 is 5.46. The second kappa shape index (κ2) is 8.44. The van der Waals surface area contributed by atoms with E-state index in [-0.39, 0.29) is 5.16 Å². The second-order valence-electron chi connectivity index (χ2n) is 2.74. The van der Waals surface area contributed by atoms with Gasteiger partial charge in [0.05, 0.1) is 24.2 Å². The van der Waals surface area contributed by atoms with Crippen LogP contribution in [0.4, 0.5) is 0 Å². The Balaban J connectivity index is 0.000000921. The molecule has 1 aliphatic heterocycles. The number of hydrogen-bond donors (Lipinski definition) is 2. The van der Waals surface area contributed by atoms with Crippen LogP contribution < -0.4 is 11.5 Å². The van der Waals surface area contributed by atoms with Crippen LogP contribution in [0, 0.1) is 0 Å². The third kappa shape index (κ3) is 6.25. The Kier molecular flexibility index (Phi) is 7.95. The maximum Gasteiger partial charge on any atom is 0.0993 e. The van der Waals surface area contributed by atoms with Crippen molar-refractivity contribution in [1.29, 1.82) is 0 Å². The van der Waals surface area contributed by atoms with Gasteiger partial charge in [-0.2, -0.15) is 0 Å². The van der Waals surface area contributed by atoms with Crippen molar-refractivity contribution < 1.29 is 4.74 Å². The van der Waals surface area contributed by atoms with Crippen LogP contribution >= 0.6 is 11.6 Å². The monoisotopic (exact) mass is 233 g/mol. The first-order chi connectivity index (χ1) is 7.20. The van der Waals surface area contributed by atoms with Gasteiger partial charge in [-0.1, -0.05) is 25.4 Å². The SMILES string of the molecule is CC.N/C(Cl)=C\C=C(/N)N1CCOCC1. The molecule has 4 nitrogen and oxygen atoms in total. The Morgan fingerprint density at radius 3 is 2.20 bits per heavy atom. The Bertz CT molecular complexity index is 219. The number of nitrogens with two attached hydrogens (primary N) is 2. The summed E-state index contributed by atoms with van der Waals surface area (Å²) in [6.45, 7) is 7.07. The van der Waals surface area contributed by atoms with Crippen LogP contribution in [0.25, 0.3) is 0 Å². The molecular weight excluding hydrogens is 214 g/mol. The topological polar surface area (TPSA) is 64.5 Å². The Morgan fingerprint density at radius 1 is 1.20 bits per heavy atom. The summed E-state index contributed by atoms with van der Waals surface area (Å²) in [6, 6.07) is 0. The molecule has 0 spiro atoms. The van der Waals surface area contributed by atoms with E-state index in [1.54, 1.807) is 12.2 Å². The van der Waals surface area contributed by atoms with Crippen molar-refractivity contribution in [2.24, 2.45) is 11.5 Å². The zero-order chi connectivity index (χ0) is 11.7. The molecule has 0 atom stereocenters. The molecule has 4 N–H and O–H groups in total. The highest BCUT2D eigenvalue weighted by Gasteiger charge is 2.09. The molecule has 0 amide bonds. The van der Waals surface area contributed by atoms with Crippen molar-refractivity contribution in [3.8, 4) is 0 Å². The predicted molar refractivity (Wildman–Crippen MR) is 64.1 cm³/mol. The van der Waals surface area contributed by atoms with Crippen molar-refractivity contribution in [3.05, 3.63) is 23.1 Å². The number of ether oxygens (including phenoxy) is 1. The lowest BCUT2D eigenvalue weighted by Gasteiger charge is -2.28. The van der Waals surface area contributed by atoms with E-state index in [0.717, 1.165) is 13.1 Å². The average Bonchev–Trinajstić information content (AvgIpc) is 2.30. The normalized spacial score (nSPS) is 18.2. The van der Waals surface area contributed by atoms with Gasteiger partial charge in [0.1, 0.15) is 0 Å². The van der Waals surface area contributed by atoms with E-state index in [4.69, 9.17) is 27.8 Å². The lowest BCUT2D eigenvalue weighted by molar-refractivity contribution is 0.0530. The molecule has 0 saturated carbocycles. The zero-order valence-corrected chi connectivity index (χ0v) is 10.1. The standard InChI is InChI=1S/C8H14ClN3O.C2H6/c9-7(10)1-2-8(11)12-3-5-13-6-4-12;1-2/h1-2H,3-6,10-11H2;1-2H3/b7-1-,8-2+;. The van der Waals surface area contributed by atoms with Crippen LogP contribution in [-0.4, -0.2) is 31.2 Å². The van der Waals surface area contributed by atoms with E-state index in [0.29, 0.717) is 19.0 Å². The fourth-order valence-electron chi connectivity index (χ4n) is 1.09. The van der Waals surface area contributed by atoms with E-state index in [1.165, 1.54) is 0 Å². The quantitative estimate of drug-likeness (QED) is 0.556. The van der Waals surface area contributed by atoms with Gasteiger partial charge in [-0.25, -0.2) is 0 Å². The summed E-state index contributed by atoms with van der Waals surface area (Å²) in [4.78, 5) is 2.03. The average molecular weight is 234 g/mol. The third-order valence-corrected chi connectivity index (χ3v) is 1.92. The Labute approximate surface area is 96.5 Å². The number of nitrogens with zero attached hydrogens (tertiary/aromatic N) is 1. The summed E-state index contributed by atoms with van der Waals surface area (Å²) in [6.07, 6.45) is 3.28. The first-order valence-corrected chi connectivity index (χ1v) is 5.49. The minimum Gasteiger partial charge on any atom is -0.389 e. The van der Waals surface area contributed by atoms with Crippen molar-refractivity contribution >= 4 is 11.6 Å². The van der Waals surface area contributed by atoms with Crippen molar-refractivity contribution in [2.45, 2.75) is 13.8 Å². The molecule has 1 saturated heterocycles. The number of morpholine rings is 1. The first-order valence-electron chi connectivity index (χ1n) is 5.11. The molecule has 1 rings (SSSR count). The summed E-state index contributed by atoms with van der Waals surface area (Å²) in [7, 11) is 0. The van der Waals surface area contributed by atoms with Gasteiger partial charge in [0, 0.05) is 13.1 Å². The second-order valence-corrected chi connectivity index (χ2v) is 3.18. The molecule has 0 radical (unpaired) electrons. The smallest absolute Gasteiger partial charge is 0.0993 e. The lowest BCUT2D eigenvalue weighted by atomic mass is 10.4. The van der Waals surface area contributed by atoms with Crippen LogP contribution in [-0.2, 0) is 4.74 Å². The molecule has 0 aliphatic carbocycles. The third-order valence-electron chi connectivity index (χ3n) is 1.79. The largest absolute Gasteiger partial charge is 0.389 e. The molecule has 1 heterocycles. The highest BCUT2D eigenvalue weighted by molar-refractivity contribution is 6.29. The fourth-order valence-corrected chi connectivity index (χ4v) is 1.15. The number of rotatable bonds is 2. The van der Waals surface area contributed by atoms with E-state index in [1.807, 2.05) is 18.7 Å². The molecule has 0 bridgehead atoms. The van der Waals surface area contributed by atoms with E-state index >= 15 is 0 Å². The van der Waals surface area contributed by atoms with E-state index in [2.05, 4.69) is 0 Å². The predicted octanol–water partition coefficient (Wildman–Crippen LogP) is 1.18. The molecule has 0 unspecified atom stereocenters. The van der Waals surface area contributed by atoms with Gasteiger partial charge in [-0.3, -0.25) is 0 Å². The van der Waals surface area contributed by atoms with Crippen molar-refractivity contribution in [2.75, 3.05) is 26.3 Å². The molecule has 1 aliphatic rings. The molecule has 88 valence electrons. The van der Waals surface area contributed by atoms with Crippen LogP contribution in [0.5, 0.6) is 0 Å². The molecule has 0 aromatic carbocycles. The highest BCUT2D eigenvalue weighted by Crippen LogP contribution is 2.03. The summed E-state index contributed by atoms with van der Waals surface area (Å²) in [5, 5.41) is 0.233. The molecule has 0 aromatic heterocycles. The van der Waals surface area contributed by atoms with Gasteiger partial charge in [-0.15, -0.1) is 0 Å². The van der Waals surface area contributed by atoms with Crippen LogP contribution in [0.2, 0.25) is 0 Å². The van der Waals surface area contributed by atoms with Gasteiger partial charge in [0.25, 0.3) is 0 Å². The minimum atomic E-state index is 0.233. The Morgan fingerprint density at radius 2 is 1.73 bits per heavy atom. The summed E-state index contributed by atoms with van der Waals surface area (Å²) < 4.78 is 5.18. The maximum absolute atomic E-state index is 5.77.